The van der Waals surface area contributed by atoms with Crippen LogP contribution in [0.4, 0.5) is 23.7 Å². The lowest BCUT2D eigenvalue weighted by molar-refractivity contribution is -0.200. The van der Waals surface area contributed by atoms with E-state index in [0.717, 1.165) is 37.6 Å². The molecule has 1 aromatic rings. The number of ether oxygens (including phenoxy) is 1. The van der Waals surface area contributed by atoms with Gasteiger partial charge in [0, 0.05) is 49.0 Å². The summed E-state index contributed by atoms with van der Waals surface area (Å²) >= 11 is 6.33. The van der Waals surface area contributed by atoms with Crippen molar-refractivity contribution in [1.82, 2.24) is 9.80 Å². The number of hydrogen-bond donors (Lipinski definition) is 1. The highest BCUT2D eigenvalue weighted by molar-refractivity contribution is 6.30. The van der Waals surface area contributed by atoms with Gasteiger partial charge in [-0.2, -0.15) is 13.2 Å². The van der Waals surface area contributed by atoms with Gasteiger partial charge < -0.3 is 19.6 Å². The number of anilines is 1. The Labute approximate surface area is 214 Å². The summed E-state index contributed by atoms with van der Waals surface area (Å²) in [5, 5.41) is 9.96. The third-order valence-electron chi connectivity index (χ3n) is 8.03. The van der Waals surface area contributed by atoms with Gasteiger partial charge in [0.1, 0.15) is 0 Å². The number of amides is 1. The van der Waals surface area contributed by atoms with Crippen molar-refractivity contribution in [2.75, 3.05) is 37.6 Å². The molecule has 3 aliphatic rings. The van der Waals surface area contributed by atoms with Crippen LogP contribution in [-0.4, -0.2) is 77.5 Å². The van der Waals surface area contributed by atoms with Crippen molar-refractivity contribution in [3.63, 3.8) is 0 Å². The quantitative estimate of drug-likeness (QED) is 0.566. The van der Waals surface area contributed by atoms with Crippen LogP contribution in [0, 0.1) is 5.92 Å². The number of rotatable bonds is 5. The van der Waals surface area contributed by atoms with Gasteiger partial charge in [0.25, 0.3) is 0 Å². The van der Waals surface area contributed by atoms with Gasteiger partial charge in [0.15, 0.2) is 6.10 Å². The van der Waals surface area contributed by atoms with Gasteiger partial charge in [0.2, 0.25) is 0 Å². The molecule has 3 aliphatic heterocycles. The molecule has 3 fully saturated rings. The molecule has 7 nitrogen and oxygen atoms in total. The van der Waals surface area contributed by atoms with E-state index in [2.05, 4.69) is 14.5 Å². The van der Waals surface area contributed by atoms with Crippen LogP contribution in [0.1, 0.15) is 51.0 Å². The molecule has 0 aromatic heterocycles. The number of carbonyl (C=O) groups excluding carboxylic acids is 1. The number of halogens is 4. The van der Waals surface area contributed by atoms with Crippen LogP contribution < -0.4 is 4.90 Å². The Bertz CT molecular complexity index is 960. The van der Waals surface area contributed by atoms with Crippen LogP contribution in [0.2, 0.25) is 5.02 Å². The summed E-state index contributed by atoms with van der Waals surface area (Å²) in [5.41, 5.74) is 2.03. The Kier molecular flexibility index (Phi) is 7.95. The summed E-state index contributed by atoms with van der Waals surface area (Å²) in [4.78, 5) is 29.7. The van der Waals surface area contributed by atoms with Crippen LogP contribution in [0.5, 0.6) is 0 Å². The van der Waals surface area contributed by atoms with Crippen LogP contribution in [0.25, 0.3) is 0 Å². The lowest BCUT2D eigenvalue weighted by Crippen LogP contribution is -2.53. The Morgan fingerprint density at radius 3 is 2.42 bits per heavy atom. The number of carboxylic acid groups (broad SMARTS) is 1. The highest BCUT2D eigenvalue weighted by atomic mass is 35.5. The molecular formula is C25H33ClF3N3O4. The van der Waals surface area contributed by atoms with Gasteiger partial charge in [-0.05, 0) is 69.7 Å². The molecule has 0 aliphatic carbocycles. The minimum atomic E-state index is -4.58. The number of carbonyl (C=O) groups is 2. The van der Waals surface area contributed by atoms with Crippen molar-refractivity contribution >= 4 is 29.4 Å². The number of carboxylic acids is 1. The molecule has 36 heavy (non-hydrogen) atoms. The number of nitrogens with zero attached hydrogens (tertiary/aromatic N) is 3. The number of aliphatic carboxylic acids is 1. The van der Waals surface area contributed by atoms with E-state index in [-0.39, 0.29) is 11.5 Å². The average Bonchev–Trinajstić information content (AvgIpc) is 3.21. The second-order valence-electron chi connectivity index (χ2n) is 10.2. The van der Waals surface area contributed by atoms with Crippen molar-refractivity contribution < 1.29 is 32.6 Å². The highest BCUT2D eigenvalue weighted by Gasteiger charge is 2.45. The largest absolute Gasteiger partial charge is 0.481 e. The molecule has 3 saturated heterocycles. The predicted molar refractivity (Wildman–Crippen MR) is 129 cm³/mol. The summed E-state index contributed by atoms with van der Waals surface area (Å²) in [6.45, 7) is 4.47. The number of hydrogen-bond acceptors (Lipinski definition) is 5. The first kappa shape index (κ1) is 26.9. The summed E-state index contributed by atoms with van der Waals surface area (Å²) in [6.07, 6.45) is -3.10. The van der Waals surface area contributed by atoms with Gasteiger partial charge >= 0.3 is 18.2 Å². The number of benzene rings is 1. The first-order valence-electron chi connectivity index (χ1n) is 12.5. The van der Waals surface area contributed by atoms with E-state index >= 15 is 0 Å². The minimum Gasteiger partial charge on any atom is -0.481 e. The lowest BCUT2D eigenvalue weighted by Gasteiger charge is -2.45. The molecule has 3 heterocycles. The Balaban J connectivity index is 1.41. The fourth-order valence-corrected chi connectivity index (χ4v) is 5.91. The van der Waals surface area contributed by atoms with E-state index in [1.54, 1.807) is 0 Å². The number of alkyl halides is 3. The fourth-order valence-electron chi connectivity index (χ4n) is 5.74. The molecule has 0 bridgehead atoms. The topological polar surface area (TPSA) is 73.3 Å². The standard InChI is InChI=1S/C25H33ClF3N3O4/c1-17(25(27,28)29)36-23(35)31-13-8-24(9-14-31)7-2-10-32(24)16-19-3-4-20(26)15-21(19)30-11-5-18(6-12-30)22(33)34/h3-4,15,17-18H,2,5-14,16H2,1H3,(H,33,34). The van der Waals surface area contributed by atoms with E-state index in [9.17, 15) is 27.9 Å². The molecule has 11 heteroatoms. The Morgan fingerprint density at radius 1 is 1.14 bits per heavy atom. The second kappa shape index (κ2) is 10.7. The van der Waals surface area contributed by atoms with Gasteiger partial charge in [-0.25, -0.2) is 4.79 Å². The van der Waals surface area contributed by atoms with Crippen LogP contribution in [0.15, 0.2) is 18.2 Å². The normalized spacial score (nSPS) is 22.1. The predicted octanol–water partition coefficient (Wildman–Crippen LogP) is 5.16. The van der Waals surface area contributed by atoms with Crippen LogP contribution in [0.3, 0.4) is 0 Å². The average molecular weight is 532 g/mol. The van der Waals surface area contributed by atoms with Crippen LogP contribution >= 0.6 is 11.6 Å². The van der Waals surface area contributed by atoms with Crippen molar-refractivity contribution in [2.24, 2.45) is 5.92 Å². The summed E-state index contributed by atoms with van der Waals surface area (Å²) in [5.74, 6) is -1.07. The summed E-state index contributed by atoms with van der Waals surface area (Å²) < 4.78 is 43.0. The molecule has 200 valence electrons. The monoisotopic (exact) mass is 531 g/mol. The molecule has 1 unspecified atom stereocenters. The van der Waals surface area contributed by atoms with Crippen molar-refractivity contribution in [3.05, 3.63) is 28.8 Å². The zero-order valence-electron chi connectivity index (χ0n) is 20.4. The van der Waals surface area contributed by atoms with E-state index in [4.69, 9.17) is 11.6 Å². The Morgan fingerprint density at radius 2 is 1.81 bits per heavy atom. The first-order chi connectivity index (χ1) is 17.0. The van der Waals surface area contributed by atoms with Crippen molar-refractivity contribution in [3.8, 4) is 0 Å². The molecule has 1 atom stereocenters. The van der Waals surface area contributed by atoms with Gasteiger partial charge in [-0.15, -0.1) is 0 Å². The van der Waals surface area contributed by atoms with E-state index < -0.39 is 24.3 Å². The summed E-state index contributed by atoms with van der Waals surface area (Å²) in [6, 6.07) is 5.84. The minimum absolute atomic E-state index is 0.111. The maximum absolute atomic E-state index is 12.8. The smallest absolute Gasteiger partial charge is 0.425 e. The molecule has 1 N–H and O–H groups in total. The maximum atomic E-state index is 12.8. The molecule has 4 rings (SSSR count). The SMILES string of the molecule is CC(OC(=O)N1CCC2(CCCN2Cc2ccc(Cl)cc2N2CCC(C(=O)O)CC2)CC1)C(F)(F)F. The zero-order chi connectivity index (χ0) is 26.1. The number of likely N-dealkylation sites (tertiary alicyclic amines) is 2. The summed E-state index contributed by atoms with van der Waals surface area (Å²) in [7, 11) is 0. The fraction of sp³-hybridized carbons (Fsp3) is 0.680. The zero-order valence-corrected chi connectivity index (χ0v) is 21.2. The number of piperidine rings is 2. The van der Waals surface area contributed by atoms with E-state index in [1.165, 1.54) is 4.90 Å². The highest BCUT2D eigenvalue weighted by Crippen LogP contribution is 2.41. The molecule has 1 spiro atoms. The Hall–Kier alpha value is -2.20. The van der Waals surface area contributed by atoms with E-state index in [0.29, 0.717) is 63.4 Å². The lowest BCUT2D eigenvalue weighted by atomic mass is 9.84. The molecule has 0 saturated carbocycles. The van der Waals surface area contributed by atoms with Gasteiger partial charge in [0.05, 0.1) is 5.92 Å². The third-order valence-corrected chi connectivity index (χ3v) is 8.26. The van der Waals surface area contributed by atoms with Gasteiger partial charge in [-0.3, -0.25) is 9.69 Å². The molecule has 1 amide bonds. The third kappa shape index (κ3) is 5.85. The van der Waals surface area contributed by atoms with Crippen LogP contribution in [-0.2, 0) is 16.1 Å². The maximum Gasteiger partial charge on any atom is 0.425 e. The molecule has 0 radical (unpaired) electrons. The van der Waals surface area contributed by atoms with Crippen molar-refractivity contribution in [1.29, 1.82) is 0 Å². The molecular weight excluding hydrogens is 499 g/mol. The van der Waals surface area contributed by atoms with E-state index in [1.807, 2.05) is 18.2 Å². The van der Waals surface area contributed by atoms with Gasteiger partial charge in [-0.1, -0.05) is 17.7 Å². The first-order valence-corrected chi connectivity index (χ1v) is 12.9. The van der Waals surface area contributed by atoms with Crippen molar-refractivity contribution in [2.45, 2.75) is 69.8 Å². The second-order valence-corrected chi connectivity index (χ2v) is 10.6. The molecule has 1 aromatic carbocycles.